The Labute approximate surface area is 138 Å². The molecule has 0 radical (unpaired) electrons. The first-order valence-electron chi connectivity index (χ1n) is 6.28. The molecule has 2 nitrogen and oxygen atoms in total. The van der Waals surface area contributed by atoms with Crippen LogP contribution in [0.5, 0.6) is 0 Å². The second-order valence-electron chi connectivity index (χ2n) is 4.86. The van der Waals surface area contributed by atoms with Gasteiger partial charge in [0.25, 0.3) is 0 Å². The highest BCUT2D eigenvalue weighted by molar-refractivity contribution is 6.38. The zero-order chi connectivity index (χ0) is 13.9. The van der Waals surface area contributed by atoms with Crippen molar-refractivity contribution < 1.29 is 0 Å². The highest BCUT2D eigenvalue weighted by atomic mass is 35.5. The zero-order valence-electron chi connectivity index (χ0n) is 11.1. The molecule has 0 bridgehead atoms. The van der Waals surface area contributed by atoms with E-state index in [1.807, 2.05) is 43.4 Å². The number of pyridine rings is 1. The van der Waals surface area contributed by atoms with E-state index in [9.17, 15) is 0 Å². The molecule has 0 N–H and O–H groups in total. The predicted octanol–water partition coefficient (Wildman–Crippen LogP) is 5.56. The van der Waals surface area contributed by atoms with Crippen molar-refractivity contribution in [2.45, 2.75) is 0 Å². The zero-order valence-corrected chi connectivity index (χ0v) is 13.4. The van der Waals surface area contributed by atoms with Crippen molar-refractivity contribution in [3.05, 3.63) is 52.5 Å². The molecule has 0 spiro atoms. The summed E-state index contributed by atoms with van der Waals surface area (Å²) < 4.78 is 2.14. The summed E-state index contributed by atoms with van der Waals surface area (Å²) in [5.41, 5.74) is 3.83. The summed E-state index contributed by atoms with van der Waals surface area (Å²) in [5.74, 6) is 0. The molecule has 0 aliphatic carbocycles. The van der Waals surface area contributed by atoms with Crippen LogP contribution in [0.15, 0.2) is 42.5 Å². The Balaban J connectivity index is 0.00000132. The third kappa shape index (κ3) is 1.98. The molecule has 0 amide bonds. The van der Waals surface area contributed by atoms with Crippen LogP contribution < -0.4 is 0 Å². The minimum atomic E-state index is 0. The van der Waals surface area contributed by atoms with Gasteiger partial charge in [0.15, 0.2) is 0 Å². The Morgan fingerprint density at radius 1 is 1.00 bits per heavy atom. The van der Waals surface area contributed by atoms with Gasteiger partial charge in [-0.25, -0.2) is 4.98 Å². The van der Waals surface area contributed by atoms with Crippen molar-refractivity contribution in [2.75, 3.05) is 0 Å². The van der Waals surface area contributed by atoms with Crippen LogP contribution in [0.3, 0.4) is 0 Å². The summed E-state index contributed by atoms with van der Waals surface area (Å²) in [5, 5.41) is 3.46. The van der Waals surface area contributed by atoms with E-state index in [0.29, 0.717) is 10.0 Å². The number of hydrogen-bond donors (Lipinski definition) is 0. The Kier molecular flexibility index (Phi) is 3.48. The van der Waals surface area contributed by atoms with Gasteiger partial charge in [-0.05, 0) is 24.3 Å². The number of fused-ring (bicyclic) bond motifs is 4. The van der Waals surface area contributed by atoms with E-state index in [1.54, 1.807) is 0 Å². The molecule has 0 saturated heterocycles. The van der Waals surface area contributed by atoms with Crippen molar-refractivity contribution >= 4 is 57.4 Å². The second kappa shape index (κ2) is 5.06. The quantitative estimate of drug-likeness (QED) is 0.411. The highest BCUT2D eigenvalue weighted by Gasteiger charge is 2.20. The third-order valence-electron chi connectivity index (χ3n) is 3.72. The van der Waals surface area contributed by atoms with Gasteiger partial charge in [-0.1, -0.05) is 41.4 Å². The van der Waals surface area contributed by atoms with E-state index in [1.165, 1.54) is 0 Å². The molecule has 2 aliphatic heterocycles. The number of hydrogen-bond acceptors (Lipinski definition) is 1. The van der Waals surface area contributed by atoms with Gasteiger partial charge in [0.05, 0.1) is 16.2 Å². The molecular formula is C16H11Cl3N2. The summed E-state index contributed by atoms with van der Waals surface area (Å²) in [4.78, 5) is 4.65. The highest BCUT2D eigenvalue weighted by Crippen LogP contribution is 2.40. The Morgan fingerprint density at radius 3 is 2.57 bits per heavy atom. The Bertz CT molecular complexity index is 943. The lowest BCUT2D eigenvalue weighted by Crippen LogP contribution is -1.99. The summed E-state index contributed by atoms with van der Waals surface area (Å²) >= 11 is 12.6. The molecule has 0 fully saturated rings. The van der Waals surface area contributed by atoms with Crippen LogP contribution in [0.4, 0.5) is 0 Å². The van der Waals surface area contributed by atoms with Gasteiger partial charge in [0.1, 0.15) is 5.69 Å². The lowest BCUT2D eigenvalue weighted by atomic mass is 10.1. The minimum Gasteiger partial charge on any atom is -0.342 e. The van der Waals surface area contributed by atoms with Crippen molar-refractivity contribution in [1.82, 2.24) is 9.55 Å². The van der Waals surface area contributed by atoms with E-state index in [2.05, 4.69) is 15.6 Å². The molecular weight excluding hydrogens is 327 g/mol. The van der Waals surface area contributed by atoms with Crippen molar-refractivity contribution in [3.63, 3.8) is 0 Å². The largest absolute Gasteiger partial charge is 0.342 e. The summed E-state index contributed by atoms with van der Waals surface area (Å²) in [6.45, 7) is 0. The maximum atomic E-state index is 6.55. The number of aromatic nitrogens is 2. The molecule has 5 heteroatoms. The van der Waals surface area contributed by atoms with Crippen LogP contribution in [-0.4, -0.2) is 9.55 Å². The number of nitrogens with zero attached hydrogens (tertiary/aromatic N) is 2. The monoisotopic (exact) mass is 336 g/mol. The SMILES string of the molecule is Cl.Cn1c2c3ccc(Cl)cc3nc-2c(Cl)c2ccccc21. The first-order valence-corrected chi connectivity index (χ1v) is 7.04. The molecule has 0 saturated carbocycles. The topological polar surface area (TPSA) is 17.8 Å². The minimum absolute atomic E-state index is 0. The maximum Gasteiger partial charge on any atom is 0.107 e. The van der Waals surface area contributed by atoms with E-state index in [0.717, 1.165) is 33.2 Å². The summed E-state index contributed by atoms with van der Waals surface area (Å²) in [6, 6.07) is 13.8. The van der Waals surface area contributed by atoms with Gasteiger partial charge in [0, 0.05) is 28.4 Å². The first kappa shape index (κ1) is 14.5. The third-order valence-corrected chi connectivity index (χ3v) is 4.33. The first-order chi connectivity index (χ1) is 9.66. The van der Waals surface area contributed by atoms with Crippen molar-refractivity contribution in [2.24, 2.45) is 7.05 Å². The lowest BCUT2D eigenvalue weighted by molar-refractivity contribution is 0.967. The molecule has 0 unspecified atom stereocenters. The molecule has 21 heavy (non-hydrogen) atoms. The van der Waals surface area contributed by atoms with Gasteiger partial charge in [0.2, 0.25) is 0 Å². The average molecular weight is 338 g/mol. The van der Waals surface area contributed by atoms with Gasteiger partial charge in [-0.3, -0.25) is 0 Å². The van der Waals surface area contributed by atoms with Crippen LogP contribution in [0.1, 0.15) is 0 Å². The molecule has 2 aromatic rings. The lowest BCUT2D eigenvalue weighted by Gasteiger charge is -2.14. The fourth-order valence-corrected chi connectivity index (χ4v) is 3.25. The fourth-order valence-electron chi connectivity index (χ4n) is 2.79. The molecule has 4 rings (SSSR count). The normalized spacial score (nSPS) is 11.2. The molecule has 2 heterocycles. The standard InChI is InChI=1S/C16H10Cl2N2.ClH/c1-20-13-5-3-2-4-11(13)14(18)15-16(20)10-7-6-9(17)8-12(10)19-15;/h2-8H,1H3;1H. The number of rotatable bonds is 0. The number of benzene rings is 2. The van der Waals surface area contributed by atoms with Gasteiger partial charge in [-0.15, -0.1) is 12.4 Å². The van der Waals surface area contributed by atoms with Gasteiger partial charge >= 0.3 is 0 Å². The van der Waals surface area contributed by atoms with E-state index in [4.69, 9.17) is 23.2 Å². The number of aryl methyl sites for hydroxylation is 1. The van der Waals surface area contributed by atoms with Crippen LogP contribution in [0.25, 0.3) is 33.2 Å². The number of halogens is 3. The van der Waals surface area contributed by atoms with Crippen molar-refractivity contribution in [1.29, 1.82) is 0 Å². The summed E-state index contributed by atoms with van der Waals surface area (Å²) in [6.07, 6.45) is 0. The molecule has 106 valence electrons. The van der Waals surface area contributed by atoms with Gasteiger partial charge in [-0.2, -0.15) is 0 Å². The van der Waals surface area contributed by atoms with E-state index >= 15 is 0 Å². The Morgan fingerprint density at radius 2 is 1.76 bits per heavy atom. The number of para-hydroxylation sites is 1. The van der Waals surface area contributed by atoms with Gasteiger partial charge < -0.3 is 4.57 Å². The Hall–Kier alpha value is -1.48. The van der Waals surface area contributed by atoms with E-state index in [-0.39, 0.29) is 12.4 Å². The second-order valence-corrected chi connectivity index (χ2v) is 5.68. The molecule has 0 atom stereocenters. The van der Waals surface area contributed by atoms with Crippen LogP contribution >= 0.6 is 35.6 Å². The molecule has 2 aliphatic rings. The maximum absolute atomic E-state index is 6.55. The van der Waals surface area contributed by atoms with Crippen LogP contribution in [0.2, 0.25) is 10.0 Å². The fraction of sp³-hybridized carbons (Fsp3) is 0.0625. The van der Waals surface area contributed by atoms with Crippen LogP contribution in [0, 0.1) is 0 Å². The average Bonchev–Trinajstić information content (AvgIpc) is 2.83. The summed E-state index contributed by atoms with van der Waals surface area (Å²) in [7, 11) is 2.04. The van der Waals surface area contributed by atoms with Crippen molar-refractivity contribution in [3.8, 4) is 11.4 Å². The van der Waals surface area contributed by atoms with E-state index < -0.39 is 0 Å². The van der Waals surface area contributed by atoms with Crippen LogP contribution in [-0.2, 0) is 7.05 Å². The molecule has 2 aromatic carbocycles. The predicted molar refractivity (Wildman–Crippen MR) is 92.1 cm³/mol. The molecule has 0 aromatic heterocycles. The smallest absolute Gasteiger partial charge is 0.107 e.